The summed E-state index contributed by atoms with van der Waals surface area (Å²) in [5.74, 6) is -1.78. The summed E-state index contributed by atoms with van der Waals surface area (Å²) in [5, 5.41) is 8.87. The van der Waals surface area contributed by atoms with Crippen LogP contribution in [0, 0.1) is 5.82 Å². The predicted octanol–water partition coefficient (Wildman–Crippen LogP) is 2.75. The topological polar surface area (TPSA) is 46.5 Å². The van der Waals surface area contributed by atoms with Gasteiger partial charge >= 0.3 is 5.97 Å². The van der Waals surface area contributed by atoms with E-state index >= 15 is 0 Å². The Kier molecular flexibility index (Phi) is 4.23. The Balaban J connectivity index is 3.09. The highest BCUT2D eigenvalue weighted by atomic mass is 79.9. The van der Waals surface area contributed by atoms with Crippen LogP contribution in [0.1, 0.15) is 18.6 Å². The van der Waals surface area contributed by atoms with Crippen LogP contribution in [0.25, 0.3) is 0 Å². The number of aliphatic carboxylic acids is 1. The van der Waals surface area contributed by atoms with Crippen LogP contribution in [0.15, 0.2) is 22.7 Å². The molecule has 0 aromatic heterocycles. The van der Waals surface area contributed by atoms with Gasteiger partial charge in [-0.1, -0.05) is 15.9 Å². The molecular formula is C10H10BrFO3. The van der Waals surface area contributed by atoms with Crippen LogP contribution < -0.4 is 0 Å². The van der Waals surface area contributed by atoms with E-state index in [0.717, 1.165) is 0 Å². The van der Waals surface area contributed by atoms with Crippen LogP contribution in [-0.2, 0) is 9.53 Å². The number of hydrogen-bond acceptors (Lipinski definition) is 2. The molecule has 0 saturated heterocycles. The van der Waals surface area contributed by atoms with Gasteiger partial charge in [0.1, 0.15) is 5.82 Å². The van der Waals surface area contributed by atoms with Gasteiger partial charge in [-0.05, 0) is 25.1 Å². The summed E-state index contributed by atoms with van der Waals surface area (Å²) in [6.45, 7) is 1.87. The molecule has 0 amide bonds. The number of carboxylic acids is 1. The minimum atomic E-state index is -1.26. The highest BCUT2D eigenvalue weighted by Gasteiger charge is 2.23. The van der Waals surface area contributed by atoms with Gasteiger partial charge in [-0.2, -0.15) is 0 Å². The average Bonchev–Trinajstić information content (AvgIpc) is 2.18. The predicted molar refractivity (Wildman–Crippen MR) is 56.1 cm³/mol. The first-order valence-corrected chi connectivity index (χ1v) is 5.15. The first-order valence-electron chi connectivity index (χ1n) is 4.35. The van der Waals surface area contributed by atoms with E-state index in [0.29, 0.717) is 4.47 Å². The molecule has 82 valence electrons. The van der Waals surface area contributed by atoms with Crippen molar-refractivity contribution >= 4 is 21.9 Å². The lowest BCUT2D eigenvalue weighted by atomic mass is 10.1. The van der Waals surface area contributed by atoms with E-state index in [1.165, 1.54) is 18.2 Å². The van der Waals surface area contributed by atoms with Crippen LogP contribution in [0.4, 0.5) is 4.39 Å². The zero-order valence-electron chi connectivity index (χ0n) is 8.04. The zero-order valence-corrected chi connectivity index (χ0v) is 9.62. The second-order valence-corrected chi connectivity index (χ2v) is 3.76. The quantitative estimate of drug-likeness (QED) is 0.920. The maximum absolute atomic E-state index is 13.3. The lowest BCUT2D eigenvalue weighted by molar-refractivity contribution is -0.150. The number of rotatable bonds is 4. The summed E-state index contributed by atoms with van der Waals surface area (Å²) in [4.78, 5) is 10.8. The van der Waals surface area contributed by atoms with E-state index in [1.54, 1.807) is 6.92 Å². The highest BCUT2D eigenvalue weighted by molar-refractivity contribution is 9.10. The smallest absolute Gasteiger partial charge is 0.337 e. The lowest BCUT2D eigenvalue weighted by Crippen LogP contribution is -2.16. The van der Waals surface area contributed by atoms with E-state index < -0.39 is 17.9 Å². The van der Waals surface area contributed by atoms with Crippen LogP contribution >= 0.6 is 15.9 Å². The molecule has 1 N–H and O–H groups in total. The molecule has 1 unspecified atom stereocenters. The van der Waals surface area contributed by atoms with Crippen molar-refractivity contribution in [2.24, 2.45) is 0 Å². The van der Waals surface area contributed by atoms with Crippen molar-refractivity contribution in [3.05, 3.63) is 34.1 Å². The fourth-order valence-electron chi connectivity index (χ4n) is 1.18. The molecule has 0 spiro atoms. The van der Waals surface area contributed by atoms with Gasteiger partial charge in [0.25, 0.3) is 0 Å². The summed E-state index contributed by atoms with van der Waals surface area (Å²) in [7, 11) is 0. The van der Waals surface area contributed by atoms with Gasteiger partial charge in [0.15, 0.2) is 6.10 Å². The normalized spacial score (nSPS) is 12.5. The summed E-state index contributed by atoms with van der Waals surface area (Å²) in [6, 6.07) is 4.11. The minimum absolute atomic E-state index is 0.0266. The molecular weight excluding hydrogens is 267 g/mol. The molecule has 1 atom stereocenters. The number of halogens is 2. The van der Waals surface area contributed by atoms with Crippen LogP contribution in [0.5, 0.6) is 0 Å². The lowest BCUT2D eigenvalue weighted by Gasteiger charge is -2.13. The Morgan fingerprint density at radius 1 is 1.67 bits per heavy atom. The van der Waals surface area contributed by atoms with E-state index in [4.69, 9.17) is 9.84 Å². The summed E-state index contributed by atoms with van der Waals surface area (Å²) in [5.41, 5.74) is 0.0266. The number of ether oxygens (including phenoxy) is 1. The first-order chi connectivity index (χ1) is 7.06. The van der Waals surface area contributed by atoms with Crippen molar-refractivity contribution in [1.29, 1.82) is 0 Å². The molecule has 0 aliphatic rings. The molecule has 1 rings (SSSR count). The van der Waals surface area contributed by atoms with Gasteiger partial charge in [-0.25, -0.2) is 9.18 Å². The molecule has 0 heterocycles. The number of carboxylic acid groups (broad SMARTS) is 1. The van der Waals surface area contributed by atoms with Crippen LogP contribution in [-0.4, -0.2) is 17.7 Å². The van der Waals surface area contributed by atoms with Gasteiger partial charge < -0.3 is 9.84 Å². The molecule has 0 aliphatic heterocycles. The maximum atomic E-state index is 13.3. The highest BCUT2D eigenvalue weighted by Crippen LogP contribution is 2.24. The standard InChI is InChI=1S/C10H10BrFO3/c1-2-15-9(10(13)14)7-5-6(11)3-4-8(7)12/h3-5,9H,2H2,1H3,(H,13,14). The summed E-state index contributed by atoms with van der Waals surface area (Å²) in [6.07, 6.45) is -1.26. The van der Waals surface area contributed by atoms with Gasteiger partial charge in [0.2, 0.25) is 0 Å². The molecule has 0 aliphatic carbocycles. The van der Waals surface area contributed by atoms with Crippen LogP contribution in [0.2, 0.25) is 0 Å². The van der Waals surface area contributed by atoms with E-state index in [-0.39, 0.29) is 12.2 Å². The summed E-state index contributed by atoms with van der Waals surface area (Å²) >= 11 is 3.15. The van der Waals surface area contributed by atoms with Gasteiger partial charge in [-0.15, -0.1) is 0 Å². The molecule has 0 saturated carbocycles. The number of hydrogen-bond donors (Lipinski definition) is 1. The summed E-state index contributed by atoms with van der Waals surface area (Å²) < 4.78 is 18.9. The Morgan fingerprint density at radius 3 is 2.87 bits per heavy atom. The minimum Gasteiger partial charge on any atom is -0.479 e. The monoisotopic (exact) mass is 276 g/mol. The second-order valence-electron chi connectivity index (χ2n) is 2.84. The Bertz CT molecular complexity index is 368. The molecule has 0 fully saturated rings. The molecule has 1 aromatic carbocycles. The van der Waals surface area contributed by atoms with Crippen molar-refractivity contribution in [3.63, 3.8) is 0 Å². The number of benzene rings is 1. The molecule has 5 heteroatoms. The molecule has 0 bridgehead atoms. The Labute approximate surface area is 95.0 Å². The Hall–Kier alpha value is -0.940. The first kappa shape index (κ1) is 12.1. The zero-order chi connectivity index (χ0) is 11.4. The van der Waals surface area contributed by atoms with Crippen molar-refractivity contribution in [2.45, 2.75) is 13.0 Å². The largest absolute Gasteiger partial charge is 0.479 e. The third kappa shape index (κ3) is 3.00. The molecule has 15 heavy (non-hydrogen) atoms. The molecule has 3 nitrogen and oxygen atoms in total. The van der Waals surface area contributed by atoms with Crippen molar-refractivity contribution in [3.8, 4) is 0 Å². The fourth-order valence-corrected chi connectivity index (χ4v) is 1.56. The molecule has 0 radical (unpaired) electrons. The van der Waals surface area contributed by atoms with Gasteiger partial charge in [0, 0.05) is 16.6 Å². The van der Waals surface area contributed by atoms with Crippen molar-refractivity contribution in [1.82, 2.24) is 0 Å². The maximum Gasteiger partial charge on any atom is 0.337 e. The number of carbonyl (C=O) groups is 1. The third-order valence-electron chi connectivity index (χ3n) is 1.80. The second kappa shape index (κ2) is 5.23. The Morgan fingerprint density at radius 2 is 2.33 bits per heavy atom. The van der Waals surface area contributed by atoms with Gasteiger partial charge in [0.05, 0.1) is 0 Å². The fraction of sp³-hybridized carbons (Fsp3) is 0.300. The van der Waals surface area contributed by atoms with Crippen molar-refractivity contribution < 1.29 is 19.0 Å². The van der Waals surface area contributed by atoms with Crippen LogP contribution in [0.3, 0.4) is 0 Å². The van der Waals surface area contributed by atoms with Crippen molar-refractivity contribution in [2.75, 3.05) is 6.61 Å². The van der Waals surface area contributed by atoms with E-state index in [1.807, 2.05) is 0 Å². The SMILES string of the molecule is CCOC(C(=O)O)c1cc(Br)ccc1F. The molecule has 1 aromatic rings. The van der Waals surface area contributed by atoms with E-state index in [9.17, 15) is 9.18 Å². The average molecular weight is 277 g/mol. The third-order valence-corrected chi connectivity index (χ3v) is 2.29. The van der Waals surface area contributed by atoms with Gasteiger partial charge in [-0.3, -0.25) is 0 Å². The van der Waals surface area contributed by atoms with E-state index in [2.05, 4.69) is 15.9 Å².